The first-order valence-corrected chi connectivity index (χ1v) is 18.3. The smallest absolute Gasteiger partial charge is 0.213 e. The van der Waals surface area contributed by atoms with Crippen LogP contribution in [-0.2, 0) is 5.41 Å². The van der Waals surface area contributed by atoms with Crippen LogP contribution in [0.5, 0.6) is 0 Å². The van der Waals surface area contributed by atoms with Gasteiger partial charge in [0.15, 0.2) is 12.5 Å². The second kappa shape index (κ2) is 11.8. The Kier molecular flexibility index (Phi) is 6.96. The van der Waals surface area contributed by atoms with E-state index in [0.29, 0.717) is 0 Å². The standard InChI is InChI=1S/C49H39N3/c1-31-36-23-14-28-52(44-25-13-22-37(45(31)44)38-26-27-41-47(46(36)38)39-21-10-11-24-40(39)49(41,2)3)48-50-42(33-17-8-5-9-18-33)30-43(51-48)35-20-12-19-34(29-35)32-15-6-4-7-16-32/h4-30,42,48,51H,1-3H3/t42?,48-/m1/s1. The molecule has 1 aliphatic carbocycles. The van der Waals surface area contributed by atoms with Crippen LogP contribution in [0.1, 0.15) is 53.3 Å². The number of nitrogens with one attached hydrogen (secondary N) is 1. The van der Waals surface area contributed by atoms with E-state index in [1.807, 2.05) is 0 Å². The predicted octanol–water partition coefficient (Wildman–Crippen LogP) is 12.1. The molecule has 250 valence electrons. The Morgan fingerprint density at radius 1 is 0.654 bits per heavy atom. The minimum Gasteiger partial charge on any atom is -0.571 e. The van der Waals surface area contributed by atoms with Crippen molar-refractivity contribution in [1.29, 1.82) is 0 Å². The van der Waals surface area contributed by atoms with Gasteiger partial charge >= 0.3 is 0 Å². The lowest BCUT2D eigenvalue weighted by Crippen LogP contribution is -2.40. The monoisotopic (exact) mass is 669 g/mol. The SMILES string of the molecule is Cc1c2c3c4c(ccc3c3cccc(c13)[N+]([C@@H]1[N-]C(c3ccccc3)C=C(c3cccc(-c5ccccc5)c3)N1)=CC=C2)C(C)(C)c1ccccc1-4. The zero-order valence-corrected chi connectivity index (χ0v) is 29.6. The molecular formula is C49H39N3. The lowest BCUT2D eigenvalue weighted by Gasteiger charge is -2.41. The van der Waals surface area contributed by atoms with Crippen molar-refractivity contribution < 1.29 is 4.58 Å². The van der Waals surface area contributed by atoms with Crippen LogP contribution in [0, 0.1) is 6.92 Å². The fraction of sp³-hybridized carbons (Fsp3) is 0.122. The van der Waals surface area contributed by atoms with E-state index in [0.717, 1.165) is 16.9 Å². The zero-order chi connectivity index (χ0) is 35.0. The fourth-order valence-corrected chi connectivity index (χ4v) is 8.96. The molecule has 1 N–H and O–H groups in total. The highest BCUT2D eigenvalue weighted by atomic mass is 15.4. The molecule has 0 saturated carbocycles. The molecule has 10 rings (SSSR count). The summed E-state index contributed by atoms with van der Waals surface area (Å²) in [5, 5.41) is 14.6. The largest absolute Gasteiger partial charge is 0.571 e. The summed E-state index contributed by atoms with van der Waals surface area (Å²) in [5.74, 6) is 0. The number of hydrogen-bond acceptors (Lipinski definition) is 1. The van der Waals surface area contributed by atoms with Crippen molar-refractivity contribution in [2.24, 2.45) is 0 Å². The second-order valence-electron chi connectivity index (χ2n) is 14.8. The minimum atomic E-state index is -0.342. The Morgan fingerprint density at radius 3 is 2.21 bits per heavy atom. The summed E-state index contributed by atoms with van der Waals surface area (Å²) in [4.78, 5) is 0. The molecule has 3 heteroatoms. The van der Waals surface area contributed by atoms with Gasteiger partial charge in [-0.05, 0) is 85.3 Å². The summed E-state index contributed by atoms with van der Waals surface area (Å²) in [6.07, 6.45) is 8.69. The Balaban J connectivity index is 1.14. The van der Waals surface area contributed by atoms with Gasteiger partial charge in [-0.1, -0.05) is 159 Å². The predicted molar refractivity (Wildman–Crippen MR) is 218 cm³/mol. The van der Waals surface area contributed by atoms with Crippen LogP contribution in [0.3, 0.4) is 0 Å². The summed E-state index contributed by atoms with van der Waals surface area (Å²) in [6.45, 7) is 7.03. The van der Waals surface area contributed by atoms with Crippen LogP contribution in [-0.4, -0.2) is 17.1 Å². The molecule has 7 aromatic carbocycles. The third kappa shape index (κ3) is 4.66. The first-order valence-electron chi connectivity index (χ1n) is 18.3. The number of fused-ring (bicyclic) bond motifs is 8. The molecule has 2 heterocycles. The van der Waals surface area contributed by atoms with E-state index in [4.69, 9.17) is 5.32 Å². The molecule has 0 fully saturated rings. The van der Waals surface area contributed by atoms with Crippen molar-refractivity contribution in [3.8, 4) is 22.3 Å². The van der Waals surface area contributed by atoms with Crippen LogP contribution in [0.2, 0.25) is 0 Å². The van der Waals surface area contributed by atoms with Crippen molar-refractivity contribution in [2.75, 3.05) is 0 Å². The van der Waals surface area contributed by atoms with Crippen molar-refractivity contribution in [1.82, 2.24) is 5.32 Å². The quantitative estimate of drug-likeness (QED) is 0.147. The van der Waals surface area contributed by atoms with E-state index in [1.54, 1.807) is 0 Å². The van der Waals surface area contributed by atoms with E-state index >= 15 is 0 Å². The fourth-order valence-electron chi connectivity index (χ4n) is 8.96. The second-order valence-corrected chi connectivity index (χ2v) is 14.8. The van der Waals surface area contributed by atoms with Gasteiger partial charge in [-0.25, -0.2) is 0 Å². The zero-order valence-electron chi connectivity index (χ0n) is 29.6. The molecule has 2 atom stereocenters. The summed E-state index contributed by atoms with van der Waals surface area (Å²) >= 11 is 0. The molecule has 0 saturated heterocycles. The first kappa shape index (κ1) is 30.8. The number of nitrogens with zero attached hydrogens (tertiary/aromatic N) is 2. The minimum absolute atomic E-state index is 0.0545. The molecule has 1 unspecified atom stereocenters. The summed E-state index contributed by atoms with van der Waals surface area (Å²) in [5.41, 5.74) is 15.0. The van der Waals surface area contributed by atoms with Crippen LogP contribution in [0.25, 0.3) is 60.9 Å². The van der Waals surface area contributed by atoms with Crippen LogP contribution < -0.4 is 5.32 Å². The van der Waals surface area contributed by atoms with E-state index in [1.165, 1.54) is 71.6 Å². The summed E-state index contributed by atoms with van der Waals surface area (Å²) < 4.78 is 2.33. The van der Waals surface area contributed by atoms with E-state index in [2.05, 4.69) is 195 Å². The Labute approximate surface area is 305 Å². The Morgan fingerprint density at radius 2 is 1.37 bits per heavy atom. The van der Waals surface area contributed by atoms with Gasteiger partial charge in [0.1, 0.15) is 0 Å². The molecule has 7 aromatic rings. The van der Waals surface area contributed by atoms with Gasteiger partial charge in [-0.15, -0.1) is 0 Å². The molecule has 0 amide bonds. The molecule has 3 nitrogen and oxygen atoms in total. The molecule has 0 aromatic heterocycles. The molecule has 2 bridgehead atoms. The average molecular weight is 670 g/mol. The van der Waals surface area contributed by atoms with E-state index in [9.17, 15) is 0 Å². The number of rotatable bonds is 4. The van der Waals surface area contributed by atoms with Gasteiger partial charge in [0, 0.05) is 23.3 Å². The molecule has 0 radical (unpaired) electrons. The first-order chi connectivity index (χ1) is 25.5. The number of hydrogen-bond donors (Lipinski definition) is 1. The third-order valence-corrected chi connectivity index (χ3v) is 11.5. The van der Waals surface area contributed by atoms with E-state index < -0.39 is 0 Å². The topological polar surface area (TPSA) is 29.1 Å². The maximum absolute atomic E-state index is 5.48. The highest BCUT2D eigenvalue weighted by molar-refractivity contribution is 6.20. The van der Waals surface area contributed by atoms with Crippen LogP contribution in [0.4, 0.5) is 5.69 Å². The number of benzene rings is 7. The summed E-state index contributed by atoms with van der Waals surface area (Å²) in [6, 6.07) is 50.5. The van der Waals surface area contributed by atoms with Gasteiger partial charge in [-0.2, -0.15) is 4.58 Å². The highest BCUT2D eigenvalue weighted by Crippen LogP contribution is 2.54. The van der Waals surface area contributed by atoms with Gasteiger partial charge in [0.25, 0.3) is 0 Å². The normalized spacial score (nSPS) is 18.3. The summed E-state index contributed by atoms with van der Waals surface area (Å²) in [7, 11) is 0. The molecule has 0 spiro atoms. The average Bonchev–Trinajstić information content (AvgIpc) is 3.43. The molecule has 2 aliphatic heterocycles. The van der Waals surface area contributed by atoms with Crippen molar-refractivity contribution in [2.45, 2.75) is 38.5 Å². The van der Waals surface area contributed by atoms with Crippen LogP contribution >= 0.6 is 0 Å². The highest BCUT2D eigenvalue weighted by Gasteiger charge is 2.37. The van der Waals surface area contributed by atoms with Crippen molar-refractivity contribution >= 4 is 45.2 Å². The third-order valence-electron chi connectivity index (χ3n) is 11.5. The van der Waals surface area contributed by atoms with Gasteiger partial charge in [0.2, 0.25) is 5.69 Å². The molecule has 52 heavy (non-hydrogen) atoms. The lowest BCUT2D eigenvalue weighted by atomic mass is 9.81. The number of aryl methyl sites for hydroxylation is 1. The molecule has 3 aliphatic rings. The van der Waals surface area contributed by atoms with Gasteiger partial charge < -0.3 is 10.6 Å². The Hall–Kier alpha value is -6.03. The maximum Gasteiger partial charge on any atom is 0.213 e. The van der Waals surface area contributed by atoms with Crippen molar-refractivity contribution in [3.63, 3.8) is 0 Å². The van der Waals surface area contributed by atoms with Crippen LogP contribution in [0.15, 0.2) is 152 Å². The lowest BCUT2D eigenvalue weighted by molar-refractivity contribution is -0.473. The van der Waals surface area contributed by atoms with Gasteiger partial charge in [-0.3, -0.25) is 0 Å². The number of allylic oxidation sites excluding steroid dienone is 1. The van der Waals surface area contributed by atoms with Gasteiger partial charge in [0.05, 0.1) is 5.39 Å². The van der Waals surface area contributed by atoms with E-state index in [-0.39, 0.29) is 17.7 Å². The van der Waals surface area contributed by atoms with Crippen molar-refractivity contribution in [3.05, 3.63) is 190 Å². The maximum atomic E-state index is 5.48. The molecular weight excluding hydrogens is 631 g/mol. The Bertz CT molecular complexity index is 2660.